The van der Waals surface area contributed by atoms with Crippen molar-refractivity contribution in [3.8, 4) is 0 Å². The highest BCUT2D eigenvalue weighted by Gasteiger charge is 2.22. The molecular formula is C17H18FNO. The largest absolute Gasteiger partial charge is 0.347 e. The first-order valence-corrected chi connectivity index (χ1v) is 6.59. The van der Waals surface area contributed by atoms with Crippen LogP contribution in [0.4, 0.5) is 4.39 Å². The Morgan fingerprint density at radius 3 is 2.30 bits per heavy atom. The molecule has 0 aliphatic rings. The number of carbonyl (C=O) groups excluding carboxylic acids is 1. The van der Waals surface area contributed by atoms with Crippen LogP contribution in [0.2, 0.25) is 0 Å². The molecule has 2 rings (SSSR count). The molecule has 0 radical (unpaired) electrons. The summed E-state index contributed by atoms with van der Waals surface area (Å²) < 4.78 is 13.6. The SMILES string of the molecule is CC(C)(Cc1ccccc1)NC(=O)c1ccccc1F. The minimum Gasteiger partial charge on any atom is -0.347 e. The number of rotatable bonds is 4. The van der Waals surface area contributed by atoms with Crippen molar-refractivity contribution >= 4 is 5.91 Å². The van der Waals surface area contributed by atoms with Gasteiger partial charge in [0.25, 0.3) is 5.91 Å². The van der Waals surface area contributed by atoms with Crippen molar-refractivity contribution in [1.82, 2.24) is 5.32 Å². The number of halogens is 1. The summed E-state index contributed by atoms with van der Waals surface area (Å²) in [6.45, 7) is 3.86. The first kappa shape index (κ1) is 14.3. The van der Waals surface area contributed by atoms with E-state index >= 15 is 0 Å². The Morgan fingerprint density at radius 1 is 1.05 bits per heavy atom. The molecule has 104 valence electrons. The Kier molecular flexibility index (Phi) is 4.18. The van der Waals surface area contributed by atoms with Crippen LogP contribution >= 0.6 is 0 Å². The summed E-state index contributed by atoms with van der Waals surface area (Å²) in [7, 11) is 0. The second kappa shape index (κ2) is 5.87. The van der Waals surface area contributed by atoms with Gasteiger partial charge in [-0.3, -0.25) is 4.79 Å². The van der Waals surface area contributed by atoms with Gasteiger partial charge >= 0.3 is 0 Å². The van der Waals surface area contributed by atoms with Gasteiger partial charge in [-0.15, -0.1) is 0 Å². The summed E-state index contributed by atoms with van der Waals surface area (Å²) >= 11 is 0. The Labute approximate surface area is 118 Å². The normalized spacial score (nSPS) is 11.2. The number of hydrogen-bond donors (Lipinski definition) is 1. The molecule has 2 nitrogen and oxygen atoms in total. The fourth-order valence-corrected chi connectivity index (χ4v) is 2.17. The van der Waals surface area contributed by atoms with E-state index in [9.17, 15) is 9.18 Å². The van der Waals surface area contributed by atoms with Gasteiger partial charge in [0.05, 0.1) is 5.56 Å². The third kappa shape index (κ3) is 3.67. The van der Waals surface area contributed by atoms with E-state index in [-0.39, 0.29) is 11.5 Å². The van der Waals surface area contributed by atoms with Gasteiger partial charge < -0.3 is 5.32 Å². The quantitative estimate of drug-likeness (QED) is 0.904. The molecule has 0 aliphatic heterocycles. The predicted octanol–water partition coefficient (Wildman–Crippen LogP) is 3.58. The van der Waals surface area contributed by atoms with E-state index in [0.717, 1.165) is 5.56 Å². The van der Waals surface area contributed by atoms with Crippen molar-refractivity contribution < 1.29 is 9.18 Å². The first-order chi connectivity index (χ1) is 9.48. The van der Waals surface area contributed by atoms with Crippen molar-refractivity contribution in [1.29, 1.82) is 0 Å². The van der Waals surface area contributed by atoms with Crippen molar-refractivity contribution in [3.63, 3.8) is 0 Å². The molecule has 0 aromatic heterocycles. The molecule has 1 N–H and O–H groups in total. The van der Waals surface area contributed by atoms with Crippen LogP contribution in [-0.4, -0.2) is 11.4 Å². The molecular weight excluding hydrogens is 253 g/mol. The van der Waals surface area contributed by atoms with Gasteiger partial charge in [-0.25, -0.2) is 4.39 Å². The number of benzene rings is 2. The van der Waals surface area contributed by atoms with Crippen LogP contribution in [0.3, 0.4) is 0 Å². The maximum atomic E-state index is 13.6. The number of carbonyl (C=O) groups is 1. The maximum Gasteiger partial charge on any atom is 0.254 e. The number of amides is 1. The highest BCUT2D eigenvalue weighted by Crippen LogP contribution is 2.14. The van der Waals surface area contributed by atoms with Gasteiger partial charge in [-0.05, 0) is 38.0 Å². The van der Waals surface area contributed by atoms with E-state index in [4.69, 9.17) is 0 Å². The van der Waals surface area contributed by atoms with Crippen molar-refractivity contribution in [2.75, 3.05) is 0 Å². The topological polar surface area (TPSA) is 29.1 Å². The molecule has 2 aromatic rings. The van der Waals surface area contributed by atoms with E-state index < -0.39 is 11.4 Å². The molecule has 2 aromatic carbocycles. The Morgan fingerprint density at radius 2 is 1.65 bits per heavy atom. The smallest absolute Gasteiger partial charge is 0.254 e. The van der Waals surface area contributed by atoms with Gasteiger partial charge in [0.2, 0.25) is 0 Å². The summed E-state index contributed by atoms with van der Waals surface area (Å²) in [6.07, 6.45) is 0.689. The number of nitrogens with one attached hydrogen (secondary N) is 1. The molecule has 0 heterocycles. The zero-order valence-corrected chi connectivity index (χ0v) is 11.7. The third-order valence-electron chi connectivity index (χ3n) is 3.06. The monoisotopic (exact) mass is 271 g/mol. The van der Waals surface area contributed by atoms with Crippen LogP contribution in [0.25, 0.3) is 0 Å². The summed E-state index contributed by atoms with van der Waals surface area (Å²) in [4.78, 5) is 12.1. The van der Waals surface area contributed by atoms with E-state index in [0.29, 0.717) is 6.42 Å². The van der Waals surface area contributed by atoms with Gasteiger partial charge in [0, 0.05) is 5.54 Å². The predicted molar refractivity (Wildman–Crippen MR) is 78.1 cm³/mol. The lowest BCUT2D eigenvalue weighted by molar-refractivity contribution is 0.0909. The summed E-state index contributed by atoms with van der Waals surface area (Å²) in [5.74, 6) is -0.885. The fraction of sp³-hybridized carbons (Fsp3) is 0.235. The van der Waals surface area contributed by atoms with Crippen LogP contribution in [0.1, 0.15) is 29.8 Å². The van der Waals surface area contributed by atoms with Crippen LogP contribution < -0.4 is 5.32 Å². The van der Waals surface area contributed by atoms with Crippen molar-refractivity contribution in [2.45, 2.75) is 25.8 Å². The van der Waals surface area contributed by atoms with Gasteiger partial charge in [0.15, 0.2) is 0 Å². The highest BCUT2D eigenvalue weighted by atomic mass is 19.1. The van der Waals surface area contributed by atoms with Gasteiger partial charge in [0.1, 0.15) is 5.82 Å². The fourth-order valence-electron chi connectivity index (χ4n) is 2.17. The molecule has 0 spiro atoms. The average molecular weight is 271 g/mol. The van der Waals surface area contributed by atoms with Crippen molar-refractivity contribution in [2.24, 2.45) is 0 Å². The Balaban J connectivity index is 2.08. The van der Waals surface area contributed by atoms with Gasteiger partial charge in [-0.1, -0.05) is 42.5 Å². The lowest BCUT2D eigenvalue weighted by Crippen LogP contribution is -2.45. The molecule has 20 heavy (non-hydrogen) atoms. The average Bonchev–Trinajstić information content (AvgIpc) is 2.39. The van der Waals surface area contributed by atoms with Crippen LogP contribution in [0.5, 0.6) is 0 Å². The molecule has 0 saturated heterocycles. The first-order valence-electron chi connectivity index (χ1n) is 6.59. The zero-order valence-electron chi connectivity index (χ0n) is 11.7. The number of hydrogen-bond acceptors (Lipinski definition) is 1. The van der Waals surface area contributed by atoms with Crippen LogP contribution in [0, 0.1) is 5.82 Å². The Bertz CT molecular complexity index is 593. The molecule has 0 fully saturated rings. The molecule has 3 heteroatoms. The molecule has 0 unspecified atom stereocenters. The van der Waals surface area contributed by atoms with Crippen LogP contribution in [-0.2, 0) is 6.42 Å². The van der Waals surface area contributed by atoms with E-state index in [1.807, 2.05) is 44.2 Å². The van der Waals surface area contributed by atoms with E-state index in [2.05, 4.69) is 5.32 Å². The Hall–Kier alpha value is -2.16. The minimum atomic E-state index is -0.500. The summed E-state index contributed by atoms with van der Waals surface area (Å²) in [5.41, 5.74) is 0.765. The van der Waals surface area contributed by atoms with Crippen LogP contribution in [0.15, 0.2) is 54.6 Å². The lowest BCUT2D eigenvalue weighted by atomic mass is 9.94. The highest BCUT2D eigenvalue weighted by molar-refractivity contribution is 5.94. The van der Waals surface area contributed by atoms with E-state index in [1.165, 1.54) is 12.1 Å². The van der Waals surface area contributed by atoms with Crippen molar-refractivity contribution in [3.05, 3.63) is 71.5 Å². The standard InChI is InChI=1S/C17H18FNO/c1-17(2,12-13-8-4-3-5-9-13)19-16(20)14-10-6-7-11-15(14)18/h3-11H,12H2,1-2H3,(H,19,20). The summed E-state index contributed by atoms with van der Waals surface area (Å²) in [6, 6.07) is 15.9. The minimum absolute atomic E-state index is 0.0774. The molecule has 0 saturated carbocycles. The van der Waals surface area contributed by atoms with E-state index in [1.54, 1.807) is 12.1 Å². The second-order valence-electron chi connectivity index (χ2n) is 5.48. The zero-order chi connectivity index (χ0) is 14.6. The second-order valence-corrected chi connectivity index (χ2v) is 5.48. The molecule has 0 bridgehead atoms. The third-order valence-corrected chi connectivity index (χ3v) is 3.06. The summed E-state index contributed by atoms with van der Waals surface area (Å²) in [5, 5.41) is 2.88. The maximum absolute atomic E-state index is 13.6. The molecule has 0 atom stereocenters. The lowest BCUT2D eigenvalue weighted by Gasteiger charge is -2.26. The molecule has 0 aliphatic carbocycles. The van der Waals surface area contributed by atoms with Gasteiger partial charge in [-0.2, -0.15) is 0 Å². The molecule has 1 amide bonds.